The van der Waals surface area contributed by atoms with Gasteiger partial charge < -0.3 is 14.2 Å². The molecule has 2 aromatic rings. The Bertz CT molecular complexity index is 817. The first kappa shape index (κ1) is 17.6. The van der Waals surface area contributed by atoms with Gasteiger partial charge in [0.2, 0.25) is 5.75 Å². The molecule has 2 aromatic carbocycles. The highest BCUT2D eigenvalue weighted by Gasteiger charge is 2.19. The molecule has 7 heteroatoms. The van der Waals surface area contributed by atoms with Crippen LogP contribution in [0.3, 0.4) is 0 Å². The van der Waals surface area contributed by atoms with Gasteiger partial charge in [0.1, 0.15) is 5.75 Å². The fraction of sp³-hybridized carbons (Fsp3) is 0.176. The number of nitrogens with zero attached hydrogens (tertiary/aromatic N) is 1. The fourth-order valence-electron chi connectivity index (χ4n) is 2.00. The van der Waals surface area contributed by atoms with Gasteiger partial charge >= 0.3 is 5.97 Å². The van der Waals surface area contributed by atoms with Crippen LogP contribution in [0.25, 0.3) is 0 Å². The van der Waals surface area contributed by atoms with E-state index in [9.17, 15) is 9.18 Å². The third kappa shape index (κ3) is 3.94. The molecule has 124 valence electrons. The second-order valence-electron chi connectivity index (χ2n) is 4.71. The van der Waals surface area contributed by atoms with Crippen LogP contribution in [0, 0.1) is 17.1 Å². The number of carbonyl (C=O) groups is 1. The zero-order valence-corrected chi connectivity index (χ0v) is 13.7. The minimum Gasteiger partial charge on any atom is -0.493 e. The lowest BCUT2D eigenvalue weighted by molar-refractivity contribution is -0.139. The van der Waals surface area contributed by atoms with Crippen molar-refractivity contribution in [2.75, 3.05) is 14.2 Å². The highest BCUT2D eigenvalue weighted by molar-refractivity contribution is 6.30. The second-order valence-corrected chi connectivity index (χ2v) is 5.15. The van der Waals surface area contributed by atoms with Crippen LogP contribution in [0.1, 0.15) is 11.1 Å². The van der Waals surface area contributed by atoms with Crippen molar-refractivity contribution in [3.05, 3.63) is 52.3 Å². The van der Waals surface area contributed by atoms with E-state index in [-0.39, 0.29) is 39.8 Å². The van der Waals surface area contributed by atoms with E-state index in [1.54, 1.807) is 0 Å². The molecule has 0 aliphatic carbocycles. The first-order valence-electron chi connectivity index (χ1n) is 6.79. The average molecular weight is 350 g/mol. The molecule has 0 aliphatic rings. The van der Waals surface area contributed by atoms with Crippen LogP contribution in [-0.2, 0) is 16.0 Å². The van der Waals surface area contributed by atoms with E-state index in [2.05, 4.69) is 4.74 Å². The summed E-state index contributed by atoms with van der Waals surface area (Å²) in [6.07, 6.45) is -0.248. The zero-order chi connectivity index (χ0) is 17.7. The summed E-state index contributed by atoms with van der Waals surface area (Å²) >= 11 is 5.91. The van der Waals surface area contributed by atoms with Crippen molar-refractivity contribution in [3.63, 3.8) is 0 Å². The summed E-state index contributed by atoms with van der Waals surface area (Å²) in [4.78, 5) is 11.4. The molecule has 24 heavy (non-hydrogen) atoms. The summed E-state index contributed by atoms with van der Waals surface area (Å²) < 4.78 is 29.8. The van der Waals surface area contributed by atoms with Gasteiger partial charge in [0.05, 0.1) is 32.3 Å². The molecule has 0 N–H and O–H groups in total. The molecule has 0 radical (unpaired) electrons. The largest absolute Gasteiger partial charge is 0.493 e. The van der Waals surface area contributed by atoms with Gasteiger partial charge in [0, 0.05) is 10.6 Å². The maximum absolute atomic E-state index is 14.7. The Morgan fingerprint density at radius 2 is 2.04 bits per heavy atom. The second kappa shape index (κ2) is 7.66. The molecule has 0 aromatic heterocycles. The summed E-state index contributed by atoms with van der Waals surface area (Å²) in [6, 6.07) is 9.13. The smallest absolute Gasteiger partial charge is 0.310 e. The molecule has 2 rings (SSSR count). The van der Waals surface area contributed by atoms with Crippen molar-refractivity contribution in [1.29, 1.82) is 5.26 Å². The molecular formula is C17H13ClFNO4. The number of methoxy groups -OCH3 is 2. The van der Waals surface area contributed by atoms with Gasteiger partial charge in [-0.05, 0) is 24.3 Å². The predicted octanol–water partition coefficient (Wildman–Crippen LogP) is 3.87. The molecule has 0 heterocycles. The lowest BCUT2D eigenvalue weighted by Crippen LogP contribution is -2.07. The van der Waals surface area contributed by atoms with Crippen LogP contribution in [0.15, 0.2) is 30.3 Å². The lowest BCUT2D eigenvalue weighted by atomic mass is 10.1. The number of ether oxygens (including phenoxy) is 3. The van der Waals surface area contributed by atoms with E-state index in [4.69, 9.17) is 26.3 Å². The SMILES string of the molecule is COC(=O)Cc1ccc(OC)c(Oc2cc(Cl)cc(C#N)c2)c1F. The van der Waals surface area contributed by atoms with E-state index in [0.717, 1.165) is 0 Å². The molecule has 0 amide bonds. The summed E-state index contributed by atoms with van der Waals surface area (Å²) in [6.45, 7) is 0. The Morgan fingerprint density at radius 1 is 1.29 bits per heavy atom. The Morgan fingerprint density at radius 3 is 2.67 bits per heavy atom. The maximum Gasteiger partial charge on any atom is 0.310 e. The van der Waals surface area contributed by atoms with E-state index in [0.29, 0.717) is 0 Å². The molecule has 5 nitrogen and oxygen atoms in total. The van der Waals surface area contributed by atoms with Crippen molar-refractivity contribution in [2.24, 2.45) is 0 Å². The minimum absolute atomic E-state index is 0.0974. The number of hydrogen-bond donors (Lipinski definition) is 0. The molecule has 0 fully saturated rings. The van der Waals surface area contributed by atoms with Crippen LogP contribution in [0.5, 0.6) is 17.2 Å². The van der Waals surface area contributed by atoms with Crippen molar-refractivity contribution >= 4 is 17.6 Å². The number of esters is 1. The Hall–Kier alpha value is -2.78. The molecule has 0 aliphatic heterocycles. The maximum atomic E-state index is 14.7. The molecule has 0 bridgehead atoms. The molecule has 0 spiro atoms. The highest BCUT2D eigenvalue weighted by atomic mass is 35.5. The monoisotopic (exact) mass is 349 g/mol. The number of hydrogen-bond acceptors (Lipinski definition) is 5. The van der Waals surface area contributed by atoms with Crippen LogP contribution < -0.4 is 9.47 Å². The Kier molecular flexibility index (Phi) is 5.61. The average Bonchev–Trinajstić information content (AvgIpc) is 2.57. The lowest BCUT2D eigenvalue weighted by Gasteiger charge is -2.14. The summed E-state index contributed by atoms with van der Waals surface area (Å²) in [5.41, 5.74) is 0.364. The third-order valence-corrected chi connectivity index (χ3v) is 3.36. The van der Waals surface area contributed by atoms with Gasteiger partial charge in [-0.3, -0.25) is 4.79 Å². The van der Waals surface area contributed by atoms with Crippen LogP contribution in [-0.4, -0.2) is 20.2 Å². The van der Waals surface area contributed by atoms with Gasteiger partial charge in [-0.25, -0.2) is 4.39 Å². The first-order chi connectivity index (χ1) is 11.5. The van der Waals surface area contributed by atoms with Crippen molar-refractivity contribution in [1.82, 2.24) is 0 Å². The molecular weight excluding hydrogens is 337 g/mol. The van der Waals surface area contributed by atoms with Gasteiger partial charge in [0.25, 0.3) is 0 Å². The van der Waals surface area contributed by atoms with E-state index < -0.39 is 11.8 Å². The minimum atomic E-state index is -0.752. The number of halogens is 2. The normalized spacial score (nSPS) is 9.96. The summed E-state index contributed by atoms with van der Waals surface area (Å²) in [5.74, 6) is -1.23. The van der Waals surface area contributed by atoms with Gasteiger partial charge in [-0.2, -0.15) is 5.26 Å². The number of carbonyl (C=O) groups excluding carboxylic acids is 1. The third-order valence-electron chi connectivity index (χ3n) is 3.14. The number of rotatable bonds is 5. The molecule has 0 atom stereocenters. The van der Waals surface area contributed by atoms with Gasteiger partial charge in [0.15, 0.2) is 11.6 Å². The van der Waals surface area contributed by atoms with Crippen molar-refractivity contribution in [3.8, 4) is 23.3 Å². The molecule has 0 saturated carbocycles. The number of nitriles is 1. The molecule has 0 unspecified atom stereocenters. The Balaban J connectivity index is 2.45. The Labute approximate surface area is 143 Å². The van der Waals surface area contributed by atoms with Crippen molar-refractivity contribution in [2.45, 2.75) is 6.42 Å². The predicted molar refractivity (Wildman–Crippen MR) is 84.9 cm³/mol. The van der Waals surface area contributed by atoms with Crippen molar-refractivity contribution < 1.29 is 23.4 Å². The topological polar surface area (TPSA) is 68.6 Å². The molecule has 0 saturated heterocycles. The summed E-state index contributed by atoms with van der Waals surface area (Å²) in [5, 5.41) is 9.24. The first-order valence-corrected chi connectivity index (χ1v) is 7.17. The van der Waals surface area contributed by atoms with E-state index >= 15 is 0 Å². The van der Waals surface area contributed by atoms with Crippen LogP contribution >= 0.6 is 11.6 Å². The van der Waals surface area contributed by atoms with Gasteiger partial charge in [-0.1, -0.05) is 17.7 Å². The standard InChI is InChI=1S/C17H13ClFNO4/c1-22-14-4-3-11(7-15(21)23-2)16(19)17(14)24-13-6-10(9-20)5-12(18)8-13/h3-6,8H,7H2,1-2H3. The van der Waals surface area contributed by atoms with Gasteiger partial charge in [-0.15, -0.1) is 0 Å². The van der Waals surface area contributed by atoms with E-state index in [1.807, 2.05) is 6.07 Å². The number of benzene rings is 2. The van der Waals surface area contributed by atoms with Crippen LogP contribution in [0.4, 0.5) is 4.39 Å². The van der Waals surface area contributed by atoms with E-state index in [1.165, 1.54) is 44.6 Å². The summed E-state index contributed by atoms with van der Waals surface area (Å²) in [7, 11) is 2.58. The van der Waals surface area contributed by atoms with Crippen LogP contribution in [0.2, 0.25) is 5.02 Å². The quantitative estimate of drug-likeness (QED) is 0.766. The highest BCUT2D eigenvalue weighted by Crippen LogP contribution is 2.37. The fourth-order valence-corrected chi connectivity index (χ4v) is 2.23. The zero-order valence-electron chi connectivity index (χ0n) is 12.9.